The third kappa shape index (κ3) is 10.1. The van der Waals surface area contributed by atoms with E-state index in [0.29, 0.717) is 59.6 Å². The fraction of sp³-hybridized carbons (Fsp3) is 0.542. The molecular weight excluding hydrogens is 821 g/mol. The van der Waals surface area contributed by atoms with Gasteiger partial charge in [-0.2, -0.15) is 0 Å². The fourth-order valence-electron chi connectivity index (χ4n) is 10.5. The number of piperazine rings is 1. The van der Waals surface area contributed by atoms with Crippen molar-refractivity contribution in [2.45, 2.75) is 75.8 Å². The van der Waals surface area contributed by atoms with Gasteiger partial charge in [0.25, 0.3) is 11.8 Å². The van der Waals surface area contributed by atoms with Gasteiger partial charge in [0, 0.05) is 44.9 Å². The monoisotopic (exact) mass is 882 g/mol. The first-order valence-electron chi connectivity index (χ1n) is 22.8. The van der Waals surface area contributed by atoms with Crippen LogP contribution in [0.15, 0.2) is 60.7 Å². The van der Waals surface area contributed by atoms with Gasteiger partial charge in [-0.15, -0.1) is 0 Å². The lowest BCUT2D eigenvalue weighted by Gasteiger charge is -2.43. The molecule has 0 saturated carbocycles. The SMILES string of the molecule is CCOc1cc(C(CS(C)(=O)=O)N2C(=O)c3cccc(N4CCN(C5CCN(CCCN6CCC(c7ccc(C8CCC(=O)NC8=O)cc7)CC6)CC5)CC4)c3C2=O)ccc1OC. The lowest BCUT2D eigenvalue weighted by atomic mass is 9.86. The second-order valence-corrected chi connectivity index (χ2v) is 20.1. The number of piperidine rings is 3. The zero-order chi connectivity index (χ0) is 44.3. The number of sulfone groups is 1. The highest BCUT2D eigenvalue weighted by molar-refractivity contribution is 7.90. The number of hydrogen-bond donors (Lipinski definition) is 1. The number of carbonyl (C=O) groups is 4. The van der Waals surface area contributed by atoms with Gasteiger partial charge in [0.2, 0.25) is 11.8 Å². The number of amides is 4. The van der Waals surface area contributed by atoms with Gasteiger partial charge in [-0.25, -0.2) is 8.42 Å². The quantitative estimate of drug-likeness (QED) is 0.208. The average Bonchev–Trinajstić information content (AvgIpc) is 3.54. The van der Waals surface area contributed by atoms with Crippen molar-refractivity contribution < 1.29 is 37.1 Å². The molecule has 4 fully saturated rings. The predicted molar refractivity (Wildman–Crippen MR) is 241 cm³/mol. The number of anilines is 1. The molecular formula is C48H62N6O8S. The maximum Gasteiger partial charge on any atom is 0.264 e. The summed E-state index contributed by atoms with van der Waals surface area (Å²) in [5.41, 5.74) is 4.17. The molecule has 1 N–H and O–H groups in total. The van der Waals surface area contributed by atoms with E-state index in [1.165, 1.54) is 12.7 Å². The molecule has 5 aliphatic heterocycles. The maximum absolute atomic E-state index is 14.3. The normalized spacial score (nSPS) is 21.7. The molecule has 14 nitrogen and oxygen atoms in total. The van der Waals surface area contributed by atoms with Crippen LogP contribution in [-0.4, -0.2) is 149 Å². The number of fused-ring (bicyclic) bond motifs is 1. The van der Waals surface area contributed by atoms with E-state index in [9.17, 15) is 27.6 Å². The highest BCUT2D eigenvalue weighted by Gasteiger charge is 2.44. The Morgan fingerprint density at radius 1 is 0.762 bits per heavy atom. The molecule has 2 atom stereocenters. The minimum atomic E-state index is -3.61. The molecule has 0 radical (unpaired) electrons. The van der Waals surface area contributed by atoms with Gasteiger partial charge in [0.1, 0.15) is 9.84 Å². The average molecular weight is 883 g/mol. The van der Waals surface area contributed by atoms with Crippen LogP contribution in [0, 0.1) is 0 Å². The molecule has 8 rings (SSSR count). The summed E-state index contributed by atoms with van der Waals surface area (Å²) in [5, 5.41) is 2.47. The number of rotatable bonds is 15. The van der Waals surface area contributed by atoms with Gasteiger partial charge in [0.05, 0.1) is 48.2 Å². The van der Waals surface area contributed by atoms with Gasteiger partial charge in [-0.05, 0) is 132 Å². The lowest BCUT2D eigenvalue weighted by molar-refractivity contribution is -0.134. The summed E-state index contributed by atoms with van der Waals surface area (Å²) >= 11 is 0. The molecule has 0 aromatic heterocycles. The molecule has 4 saturated heterocycles. The van der Waals surface area contributed by atoms with Crippen LogP contribution >= 0.6 is 0 Å². The van der Waals surface area contributed by atoms with E-state index < -0.39 is 33.4 Å². The molecule has 15 heteroatoms. The summed E-state index contributed by atoms with van der Waals surface area (Å²) in [5.74, 6) is -0.571. The first kappa shape index (κ1) is 44.8. The van der Waals surface area contributed by atoms with Crippen molar-refractivity contribution in [1.29, 1.82) is 0 Å². The number of methoxy groups -OCH3 is 1. The van der Waals surface area contributed by atoms with Crippen LogP contribution in [0.25, 0.3) is 0 Å². The minimum Gasteiger partial charge on any atom is -0.493 e. The Labute approximate surface area is 371 Å². The van der Waals surface area contributed by atoms with Crippen LogP contribution < -0.4 is 19.7 Å². The largest absolute Gasteiger partial charge is 0.493 e. The number of carbonyl (C=O) groups excluding carboxylic acids is 4. The Kier molecular flexibility index (Phi) is 13.9. The number of nitrogens with one attached hydrogen (secondary N) is 1. The van der Waals surface area contributed by atoms with Gasteiger partial charge < -0.3 is 24.2 Å². The van der Waals surface area contributed by atoms with Crippen molar-refractivity contribution in [3.8, 4) is 11.5 Å². The molecule has 5 aliphatic rings. The molecule has 63 heavy (non-hydrogen) atoms. The summed E-state index contributed by atoms with van der Waals surface area (Å²) in [6, 6.07) is 18.4. The van der Waals surface area contributed by atoms with Gasteiger partial charge in [-0.1, -0.05) is 36.4 Å². The van der Waals surface area contributed by atoms with Crippen LogP contribution in [0.2, 0.25) is 0 Å². The van der Waals surface area contributed by atoms with Gasteiger partial charge in [0.15, 0.2) is 11.5 Å². The molecule has 0 bridgehead atoms. The van der Waals surface area contributed by atoms with E-state index in [-0.39, 0.29) is 17.7 Å². The van der Waals surface area contributed by atoms with Crippen molar-refractivity contribution in [3.63, 3.8) is 0 Å². The van der Waals surface area contributed by atoms with E-state index in [0.717, 1.165) is 120 Å². The molecule has 4 amide bonds. The van der Waals surface area contributed by atoms with E-state index in [1.54, 1.807) is 24.3 Å². The third-order valence-electron chi connectivity index (χ3n) is 13.9. The Morgan fingerprint density at radius 2 is 1.43 bits per heavy atom. The van der Waals surface area contributed by atoms with E-state index in [4.69, 9.17) is 9.47 Å². The van der Waals surface area contributed by atoms with Crippen LogP contribution in [-0.2, 0) is 19.4 Å². The molecule has 0 spiro atoms. The summed E-state index contributed by atoms with van der Waals surface area (Å²) < 4.78 is 36.7. The zero-order valence-corrected chi connectivity index (χ0v) is 37.7. The number of hydrogen-bond acceptors (Lipinski definition) is 12. The number of likely N-dealkylation sites (tertiary alicyclic amines) is 2. The van der Waals surface area contributed by atoms with Gasteiger partial charge >= 0.3 is 0 Å². The smallest absolute Gasteiger partial charge is 0.264 e. The summed E-state index contributed by atoms with van der Waals surface area (Å²) in [6.45, 7) is 12.0. The maximum atomic E-state index is 14.3. The Balaban J connectivity index is 0.792. The highest BCUT2D eigenvalue weighted by atomic mass is 32.2. The Hall–Kier alpha value is -4.83. The standard InChI is InChI=1S/C48H62N6O8S/c1-4-62-43-31-36(13-15-42(43)61-2)41(32-63(3,59)60)54-47(57)39-7-5-8-40(45(39)48(54)58)53-29-27-52(28-30-53)37-19-25-51(26-20-37)22-6-21-50-23-17-34(18-24-50)33-9-11-35(12-10-33)38-14-16-44(55)49-46(38)56/h5,7-13,15,31,34,37-38,41H,4,6,14,16-30,32H2,1-3H3,(H,49,55,56). The van der Waals surface area contributed by atoms with Crippen molar-refractivity contribution in [2.75, 3.05) is 96.1 Å². The van der Waals surface area contributed by atoms with Crippen LogP contribution in [0.1, 0.15) is 107 Å². The van der Waals surface area contributed by atoms with Crippen molar-refractivity contribution in [3.05, 3.63) is 88.5 Å². The molecule has 3 aromatic carbocycles. The first-order chi connectivity index (χ1) is 30.4. The van der Waals surface area contributed by atoms with E-state index in [1.807, 2.05) is 19.1 Å². The van der Waals surface area contributed by atoms with E-state index in [2.05, 4.69) is 49.2 Å². The summed E-state index contributed by atoms with van der Waals surface area (Å²) in [6.07, 6.45) is 7.81. The molecule has 338 valence electrons. The minimum absolute atomic E-state index is 0.178. The topological polar surface area (TPSA) is 149 Å². The third-order valence-corrected chi connectivity index (χ3v) is 14.8. The second-order valence-electron chi connectivity index (χ2n) is 17.9. The Bertz CT molecular complexity index is 2260. The number of nitrogens with zero attached hydrogens (tertiary/aromatic N) is 5. The fourth-order valence-corrected chi connectivity index (χ4v) is 11.4. The van der Waals surface area contributed by atoms with E-state index >= 15 is 0 Å². The van der Waals surface area contributed by atoms with Crippen molar-refractivity contribution >= 4 is 39.2 Å². The zero-order valence-electron chi connectivity index (χ0n) is 36.9. The molecule has 3 aromatic rings. The van der Waals surface area contributed by atoms with Crippen molar-refractivity contribution in [1.82, 2.24) is 24.9 Å². The van der Waals surface area contributed by atoms with Crippen LogP contribution in [0.4, 0.5) is 5.69 Å². The van der Waals surface area contributed by atoms with Crippen molar-refractivity contribution in [2.24, 2.45) is 0 Å². The van der Waals surface area contributed by atoms with Gasteiger partial charge in [-0.3, -0.25) is 34.3 Å². The first-order valence-corrected chi connectivity index (χ1v) is 24.8. The van der Waals surface area contributed by atoms with Crippen LogP contribution in [0.5, 0.6) is 11.5 Å². The Morgan fingerprint density at radius 3 is 2.06 bits per heavy atom. The number of benzene rings is 3. The summed E-state index contributed by atoms with van der Waals surface area (Å²) in [7, 11) is -2.09. The molecule has 2 unspecified atom stereocenters. The lowest BCUT2D eigenvalue weighted by Crippen LogP contribution is -2.53. The number of ether oxygens (including phenoxy) is 2. The highest BCUT2D eigenvalue weighted by Crippen LogP contribution is 2.40. The number of imide groups is 2. The van der Waals surface area contributed by atoms with Crippen LogP contribution in [0.3, 0.4) is 0 Å². The molecule has 5 heterocycles. The second kappa shape index (κ2) is 19.5. The summed E-state index contributed by atoms with van der Waals surface area (Å²) in [4.78, 5) is 63.4. The predicted octanol–water partition coefficient (Wildman–Crippen LogP) is 4.85. The molecule has 0 aliphatic carbocycles.